The smallest absolute Gasteiger partial charge is 0.251 e. The Balaban J connectivity index is 1.97. The summed E-state index contributed by atoms with van der Waals surface area (Å²) in [4.78, 5) is 24.2. The van der Waals surface area contributed by atoms with E-state index in [1.165, 1.54) is 5.56 Å². The van der Waals surface area contributed by atoms with Crippen LogP contribution >= 0.6 is 0 Å². The van der Waals surface area contributed by atoms with Gasteiger partial charge in [0.2, 0.25) is 5.91 Å². The Bertz CT molecular complexity index is 681. The lowest BCUT2D eigenvalue weighted by atomic mass is 10.1. The van der Waals surface area contributed by atoms with Crippen LogP contribution in [0.25, 0.3) is 0 Å². The fourth-order valence-corrected chi connectivity index (χ4v) is 2.00. The van der Waals surface area contributed by atoms with Crippen molar-refractivity contribution in [3.8, 4) is 0 Å². The Morgan fingerprint density at radius 3 is 2.27 bits per heavy atom. The minimum absolute atomic E-state index is 0.243. The molecule has 0 aliphatic rings. The summed E-state index contributed by atoms with van der Waals surface area (Å²) in [6.45, 7) is 5.67. The second-order valence-electron chi connectivity index (χ2n) is 5.35. The van der Waals surface area contributed by atoms with E-state index >= 15 is 0 Å². The standard InChI is InChI=1S/C18H20N2O2/c1-12-9-10-16(11-13(12)2)20-17(21)14(3)19-18(22)15-7-5-4-6-8-15/h4-11,14H,1-3H3,(H,19,22)(H,20,21)/t14-/m0/s1. The van der Waals surface area contributed by atoms with Crippen LogP contribution in [0.2, 0.25) is 0 Å². The summed E-state index contributed by atoms with van der Waals surface area (Å²) in [5, 5.41) is 5.50. The van der Waals surface area contributed by atoms with E-state index in [-0.39, 0.29) is 11.8 Å². The van der Waals surface area contributed by atoms with Gasteiger partial charge < -0.3 is 10.6 Å². The molecule has 4 nitrogen and oxygen atoms in total. The summed E-state index contributed by atoms with van der Waals surface area (Å²) in [5.74, 6) is -0.504. The summed E-state index contributed by atoms with van der Waals surface area (Å²) in [6, 6.07) is 13.9. The molecular formula is C18H20N2O2. The van der Waals surface area contributed by atoms with Crippen LogP contribution in [0.5, 0.6) is 0 Å². The van der Waals surface area contributed by atoms with Crippen LogP contribution < -0.4 is 10.6 Å². The quantitative estimate of drug-likeness (QED) is 0.911. The van der Waals surface area contributed by atoms with Crippen LogP contribution in [0.1, 0.15) is 28.4 Å². The molecule has 2 N–H and O–H groups in total. The fourth-order valence-electron chi connectivity index (χ4n) is 2.00. The zero-order valence-corrected chi connectivity index (χ0v) is 13.0. The average Bonchev–Trinajstić information content (AvgIpc) is 2.51. The van der Waals surface area contributed by atoms with Crippen molar-refractivity contribution in [3.63, 3.8) is 0 Å². The van der Waals surface area contributed by atoms with E-state index in [4.69, 9.17) is 0 Å². The third-order valence-electron chi connectivity index (χ3n) is 3.55. The first-order valence-corrected chi connectivity index (χ1v) is 7.21. The average molecular weight is 296 g/mol. The van der Waals surface area contributed by atoms with Crippen LogP contribution in [0.3, 0.4) is 0 Å². The number of rotatable bonds is 4. The Morgan fingerprint density at radius 2 is 1.64 bits per heavy atom. The molecule has 0 aromatic heterocycles. The number of nitrogens with one attached hydrogen (secondary N) is 2. The van der Waals surface area contributed by atoms with Gasteiger partial charge in [0, 0.05) is 11.3 Å². The molecule has 0 fully saturated rings. The highest BCUT2D eigenvalue weighted by Crippen LogP contribution is 2.14. The maximum Gasteiger partial charge on any atom is 0.251 e. The van der Waals surface area contributed by atoms with Crippen molar-refractivity contribution in [1.82, 2.24) is 5.32 Å². The third kappa shape index (κ3) is 3.95. The van der Waals surface area contributed by atoms with Crippen molar-refractivity contribution < 1.29 is 9.59 Å². The topological polar surface area (TPSA) is 58.2 Å². The molecule has 0 unspecified atom stereocenters. The predicted octanol–water partition coefficient (Wildman–Crippen LogP) is 3.06. The maximum atomic E-state index is 12.1. The molecule has 0 aliphatic heterocycles. The van der Waals surface area contributed by atoms with Gasteiger partial charge in [-0.25, -0.2) is 0 Å². The first kappa shape index (κ1) is 15.8. The van der Waals surface area contributed by atoms with E-state index in [2.05, 4.69) is 10.6 Å². The molecular weight excluding hydrogens is 276 g/mol. The lowest BCUT2D eigenvalue weighted by Gasteiger charge is -2.15. The molecule has 4 heteroatoms. The molecule has 0 saturated carbocycles. The lowest BCUT2D eigenvalue weighted by molar-refractivity contribution is -0.117. The molecule has 114 valence electrons. The first-order chi connectivity index (χ1) is 10.5. The highest BCUT2D eigenvalue weighted by Gasteiger charge is 2.16. The number of carbonyl (C=O) groups is 2. The zero-order chi connectivity index (χ0) is 16.1. The van der Waals surface area contributed by atoms with Gasteiger partial charge in [0.05, 0.1) is 0 Å². The van der Waals surface area contributed by atoms with Gasteiger partial charge in [-0.15, -0.1) is 0 Å². The Labute approximate surface area is 130 Å². The summed E-state index contributed by atoms with van der Waals surface area (Å²) in [7, 11) is 0. The normalized spacial score (nSPS) is 11.6. The SMILES string of the molecule is Cc1ccc(NC(=O)[C@H](C)NC(=O)c2ccccc2)cc1C. The van der Waals surface area contributed by atoms with Gasteiger partial charge in [-0.2, -0.15) is 0 Å². The number of amides is 2. The van der Waals surface area contributed by atoms with Crippen LogP contribution in [0, 0.1) is 13.8 Å². The molecule has 22 heavy (non-hydrogen) atoms. The number of hydrogen-bond donors (Lipinski definition) is 2. The number of anilines is 1. The highest BCUT2D eigenvalue weighted by molar-refractivity contribution is 6.00. The minimum Gasteiger partial charge on any atom is -0.341 e. The van der Waals surface area contributed by atoms with Crippen molar-refractivity contribution in [2.45, 2.75) is 26.8 Å². The minimum atomic E-state index is -0.616. The van der Waals surface area contributed by atoms with E-state index in [0.717, 1.165) is 11.3 Å². The number of benzene rings is 2. The second kappa shape index (κ2) is 6.89. The van der Waals surface area contributed by atoms with Crippen molar-refractivity contribution >= 4 is 17.5 Å². The van der Waals surface area contributed by atoms with Gasteiger partial charge in [-0.05, 0) is 56.2 Å². The summed E-state index contributed by atoms with van der Waals surface area (Å²) >= 11 is 0. The molecule has 1 atom stereocenters. The van der Waals surface area contributed by atoms with E-state index in [0.29, 0.717) is 5.56 Å². The van der Waals surface area contributed by atoms with Gasteiger partial charge in [0.1, 0.15) is 6.04 Å². The lowest BCUT2D eigenvalue weighted by Crippen LogP contribution is -2.41. The third-order valence-corrected chi connectivity index (χ3v) is 3.55. The number of aryl methyl sites for hydroxylation is 2. The van der Waals surface area contributed by atoms with E-state index in [1.807, 2.05) is 38.1 Å². The molecule has 2 amide bonds. The summed E-state index contributed by atoms with van der Waals surface area (Å²) in [5.41, 5.74) is 3.55. The van der Waals surface area contributed by atoms with Crippen molar-refractivity contribution in [1.29, 1.82) is 0 Å². The molecule has 2 aromatic carbocycles. The van der Waals surface area contributed by atoms with Crippen LogP contribution in [0.4, 0.5) is 5.69 Å². The van der Waals surface area contributed by atoms with E-state index < -0.39 is 6.04 Å². The molecule has 2 aromatic rings. The van der Waals surface area contributed by atoms with Gasteiger partial charge >= 0.3 is 0 Å². The van der Waals surface area contributed by atoms with Crippen molar-refractivity contribution in [3.05, 3.63) is 65.2 Å². The monoisotopic (exact) mass is 296 g/mol. The van der Waals surface area contributed by atoms with E-state index in [9.17, 15) is 9.59 Å². The van der Waals surface area contributed by atoms with Crippen LogP contribution in [0.15, 0.2) is 48.5 Å². The second-order valence-corrected chi connectivity index (χ2v) is 5.35. The summed E-state index contributed by atoms with van der Waals surface area (Å²) < 4.78 is 0. The molecule has 0 radical (unpaired) electrons. The summed E-state index contributed by atoms with van der Waals surface area (Å²) in [6.07, 6.45) is 0. The van der Waals surface area contributed by atoms with Gasteiger partial charge in [0.15, 0.2) is 0 Å². The highest BCUT2D eigenvalue weighted by atomic mass is 16.2. The Kier molecular flexibility index (Phi) is 4.94. The number of carbonyl (C=O) groups excluding carboxylic acids is 2. The van der Waals surface area contributed by atoms with Crippen molar-refractivity contribution in [2.24, 2.45) is 0 Å². The van der Waals surface area contributed by atoms with Crippen LogP contribution in [-0.4, -0.2) is 17.9 Å². The molecule has 0 bridgehead atoms. The Hall–Kier alpha value is -2.62. The molecule has 0 aliphatic carbocycles. The maximum absolute atomic E-state index is 12.1. The fraction of sp³-hybridized carbons (Fsp3) is 0.222. The molecule has 2 rings (SSSR count). The first-order valence-electron chi connectivity index (χ1n) is 7.21. The van der Waals surface area contributed by atoms with E-state index in [1.54, 1.807) is 31.2 Å². The molecule has 0 saturated heterocycles. The van der Waals surface area contributed by atoms with Gasteiger partial charge in [-0.3, -0.25) is 9.59 Å². The zero-order valence-electron chi connectivity index (χ0n) is 13.0. The molecule has 0 spiro atoms. The van der Waals surface area contributed by atoms with Crippen LogP contribution in [-0.2, 0) is 4.79 Å². The largest absolute Gasteiger partial charge is 0.341 e. The number of hydrogen-bond acceptors (Lipinski definition) is 2. The van der Waals surface area contributed by atoms with Gasteiger partial charge in [0.25, 0.3) is 5.91 Å². The van der Waals surface area contributed by atoms with Crippen molar-refractivity contribution in [2.75, 3.05) is 5.32 Å². The van der Waals surface area contributed by atoms with Gasteiger partial charge in [-0.1, -0.05) is 24.3 Å². The molecule has 0 heterocycles. The predicted molar refractivity (Wildman–Crippen MR) is 87.9 cm³/mol. The Morgan fingerprint density at radius 1 is 0.955 bits per heavy atom.